The van der Waals surface area contributed by atoms with Crippen molar-refractivity contribution in [2.24, 2.45) is 0 Å². The Morgan fingerprint density at radius 3 is 2.73 bits per heavy atom. The highest BCUT2D eigenvalue weighted by atomic mass is 16.5. The molecule has 0 spiro atoms. The van der Waals surface area contributed by atoms with Gasteiger partial charge in [-0.2, -0.15) is 0 Å². The fourth-order valence-electron chi connectivity index (χ4n) is 3.60. The second-order valence-electron chi connectivity index (χ2n) is 5.75. The molecule has 0 bridgehead atoms. The number of para-hydroxylation sites is 2. The summed E-state index contributed by atoms with van der Waals surface area (Å²) >= 11 is 0. The Morgan fingerprint density at radius 2 is 1.86 bits per heavy atom. The third-order valence-corrected chi connectivity index (χ3v) is 4.60. The van der Waals surface area contributed by atoms with E-state index in [-0.39, 0.29) is 18.1 Å². The van der Waals surface area contributed by atoms with Crippen molar-refractivity contribution in [2.45, 2.75) is 25.0 Å². The molecule has 4 heteroatoms. The minimum absolute atomic E-state index is 0.0644. The van der Waals surface area contributed by atoms with Gasteiger partial charge in [0.15, 0.2) is 0 Å². The molecule has 112 valence electrons. The third-order valence-electron chi connectivity index (χ3n) is 4.60. The minimum atomic E-state index is 0.0644. The summed E-state index contributed by atoms with van der Waals surface area (Å²) in [5.74, 6) is 0.951. The molecule has 2 aromatic rings. The molecule has 4 nitrogen and oxygen atoms in total. The average Bonchev–Trinajstić information content (AvgIpc) is 2.99. The number of carbonyl (C=O) groups is 1. The zero-order valence-electron chi connectivity index (χ0n) is 12.5. The summed E-state index contributed by atoms with van der Waals surface area (Å²) in [5.41, 5.74) is 2.78. The quantitative estimate of drug-likeness (QED) is 0.922. The van der Waals surface area contributed by atoms with Gasteiger partial charge in [0.1, 0.15) is 11.9 Å². The lowest BCUT2D eigenvalue weighted by atomic mass is 10.0. The van der Waals surface area contributed by atoms with Crippen LogP contribution in [0.5, 0.6) is 5.75 Å². The normalized spacial score (nSPS) is 22.8. The molecule has 2 aliphatic rings. The molecule has 2 unspecified atom stereocenters. The van der Waals surface area contributed by atoms with Crippen molar-refractivity contribution in [1.82, 2.24) is 4.90 Å². The van der Waals surface area contributed by atoms with Gasteiger partial charge in [-0.25, -0.2) is 0 Å². The third kappa shape index (κ3) is 1.87. The van der Waals surface area contributed by atoms with Crippen molar-refractivity contribution in [3.05, 3.63) is 59.7 Å². The lowest BCUT2D eigenvalue weighted by molar-refractivity contribution is 0.0669. The summed E-state index contributed by atoms with van der Waals surface area (Å²) < 4.78 is 5.48. The van der Waals surface area contributed by atoms with Crippen molar-refractivity contribution < 1.29 is 9.53 Å². The molecule has 2 aliphatic heterocycles. The summed E-state index contributed by atoms with van der Waals surface area (Å²) in [7, 11) is 1.68. The second kappa shape index (κ2) is 5.05. The number of hydrogen-bond acceptors (Lipinski definition) is 3. The predicted molar refractivity (Wildman–Crippen MR) is 85.0 cm³/mol. The number of hydrogen-bond donors (Lipinski definition) is 1. The van der Waals surface area contributed by atoms with E-state index in [2.05, 4.69) is 11.4 Å². The van der Waals surface area contributed by atoms with Crippen LogP contribution in [0.25, 0.3) is 0 Å². The number of benzene rings is 2. The highest BCUT2D eigenvalue weighted by Crippen LogP contribution is 2.43. The topological polar surface area (TPSA) is 41.6 Å². The van der Waals surface area contributed by atoms with Crippen molar-refractivity contribution in [2.75, 3.05) is 12.4 Å². The Kier molecular flexibility index (Phi) is 3.03. The summed E-state index contributed by atoms with van der Waals surface area (Å²) in [6.45, 7) is 0. The van der Waals surface area contributed by atoms with E-state index in [1.165, 1.54) is 0 Å². The molecule has 0 saturated carbocycles. The molecular weight excluding hydrogens is 276 g/mol. The van der Waals surface area contributed by atoms with Crippen LogP contribution < -0.4 is 10.1 Å². The van der Waals surface area contributed by atoms with Crippen molar-refractivity contribution >= 4 is 11.6 Å². The predicted octanol–water partition coefficient (Wildman–Crippen LogP) is 3.42. The number of nitrogens with zero attached hydrogens (tertiary/aromatic N) is 1. The zero-order chi connectivity index (χ0) is 15.1. The molecular formula is C18H18N2O2. The zero-order valence-corrected chi connectivity index (χ0v) is 12.5. The van der Waals surface area contributed by atoms with Gasteiger partial charge in [-0.15, -0.1) is 0 Å². The molecule has 2 heterocycles. The van der Waals surface area contributed by atoms with Gasteiger partial charge in [-0.05, 0) is 31.0 Å². The molecule has 4 rings (SSSR count). The molecule has 22 heavy (non-hydrogen) atoms. The van der Waals surface area contributed by atoms with Crippen LogP contribution in [0, 0.1) is 0 Å². The molecule has 1 amide bonds. The number of carbonyl (C=O) groups excluding carboxylic acids is 1. The summed E-state index contributed by atoms with van der Waals surface area (Å²) in [5, 5.41) is 3.49. The van der Waals surface area contributed by atoms with Crippen LogP contribution in [0.1, 0.15) is 34.8 Å². The summed E-state index contributed by atoms with van der Waals surface area (Å²) in [6, 6.07) is 15.8. The van der Waals surface area contributed by atoms with Gasteiger partial charge in [-0.1, -0.05) is 30.3 Å². The number of nitrogens with one attached hydrogen (secondary N) is 1. The maximum atomic E-state index is 12.9. The molecule has 0 aliphatic carbocycles. The number of rotatable bonds is 2. The largest absolute Gasteiger partial charge is 0.496 e. The van der Waals surface area contributed by atoms with E-state index in [1.54, 1.807) is 7.11 Å². The molecule has 1 fully saturated rings. The highest BCUT2D eigenvalue weighted by Gasteiger charge is 2.42. The first-order valence-electron chi connectivity index (χ1n) is 7.61. The number of amides is 1. The van der Waals surface area contributed by atoms with Crippen LogP contribution in [-0.2, 0) is 0 Å². The van der Waals surface area contributed by atoms with Gasteiger partial charge in [0.2, 0.25) is 0 Å². The highest BCUT2D eigenvalue weighted by molar-refractivity contribution is 6.02. The van der Waals surface area contributed by atoms with Crippen LogP contribution in [-0.4, -0.2) is 24.1 Å². The van der Waals surface area contributed by atoms with Gasteiger partial charge in [0.25, 0.3) is 5.91 Å². The van der Waals surface area contributed by atoms with E-state index in [0.717, 1.165) is 35.4 Å². The van der Waals surface area contributed by atoms with Gasteiger partial charge in [0, 0.05) is 11.3 Å². The van der Waals surface area contributed by atoms with Gasteiger partial charge >= 0.3 is 0 Å². The van der Waals surface area contributed by atoms with E-state index in [4.69, 9.17) is 4.74 Å². The molecule has 1 N–H and O–H groups in total. The molecule has 2 aromatic carbocycles. The summed E-state index contributed by atoms with van der Waals surface area (Å²) in [4.78, 5) is 14.9. The number of fused-ring (bicyclic) bond motifs is 2. The van der Waals surface area contributed by atoms with Crippen LogP contribution >= 0.6 is 0 Å². The van der Waals surface area contributed by atoms with E-state index >= 15 is 0 Å². The SMILES string of the molecule is COc1ccccc1C1CCC2Nc3ccccc3C(=O)N21. The number of methoxy groups -OCH3 is 1. The van der Waals surface area contributed by atoms with E-state index in [1.807, 2.05) is 47.4 Å². The molecule has 0 radical (unpaired) electrons. The summed E-state index contributed by atoms with van der Waals surface area (Å²) in [6.07, 6.45) is 1.96. The van der Waals surface area contributed by atoms with Crippen LogP contribution in [0.2, 0.25) is 0 Å². The fourth-order valence-corrected chi connectivity index (χ4v) is 3.60. The molecule has 1 saturated heterocycles. The van der Waals surface area contributed by atoms with Crippen LogP contribution in [0.3, 0.4) is 0 Å². The van der Waals surface area contributed by atoms with Gasteiger partial charge in [0.05, 0.1) is 18.7 Å². The van der Waals surface area contributed by atoms with Crippen molar-refractivity contribution in [3.8, 4) is 5.75 Å². The molecule has 0 aromatic heterocycles. The lowest BCUT2D eigenvalue weighted by Crippen LogP contribution is -2.45. The van der Waals surface area contributed by atoms with Gasteiger partial charge in [-0.3, -0.25) is 4.79 Å². The maximum Gasteiger partial charge on any atom is 0.258 e. The maximum absolute atomic E-state index is 12.9. The van der Waals surface area contributed by atoms with E-state index in [9.17, 15) is 4.79 Å². The fraction of sp³-hybridized carbons (Fsp3) is 0.278. The second-order valence-corrected chi connectivity index (χ2v) is 5.75. The Labute approximate surface area is 129 Å². The number of ether oxygens (including phenoxy) is 1. The lowest BCUT2D eigenvalue weighted by Gasteiger charge is -2.36. The first-order valence-corrected chi connectivity index (χ1v) is 7.61. The van der Waals surface area contributed by atoms with E-state index < -0.39 is 0 Å². The standard InChI is InChI=1S/C18H18N2O2/c1-22-16-9-5-3-7-13(16)15-10-11-17-19-14-8-4-2-6-12(14)18(21)20(15)17/h2-9,15,17,19H,10-11H2,1H3. The molecule has 2 atom stereocenters. The average molecular weight is 294 g/mol. The van der Waals surface area contributed by atoms with Crippen LogP contribution in [0.4, 0.5) is 5.69 Å². The van der Waals surface area contributed by atoms with E-state index in [0.29, 0.717) is 0 Å². The Hall–Kier alpha value is -2.49. The number of anilines is 1. The first kappa shape index (κ1) is 13.2. The van der Waals surface area contributed by atoms with Crippen molar-refractivity contribution in [3.63, 3.8) is 0 Å². The Bertz CT molecular complexity index is 729. The first-order chi connectivity index (χ1) is 10.8. The van der Waals surface area contributed by atoms with Gasteiger partial charge < -0.3 is 15.0 Å². The Morgan fingerprint density at radius 1 is 1.09 bits per heavy atom. The monoisotopic (exact) mass is 294 g/mol. The van der Waals surface area contributed by atoms with Crippen LogP contribution in [0.15, 0.2) is 48.5 Å². The smallest absolute Gasteiger partial charge is 0.258 e. The minimum Gasteiger partial charge on any atom is -0.496 e. The van der Waals surface area contributed by atoms with Crippen molar-refractivity contribution in [1.29, 1.82) is 0 Å². The Balaban J connectivity index is 1.75.